The number of halogens is 1. The molecule has 0 radical (unpaired) electrons. The van der Waals surface area contributed by atoms with Crippen LogP contribution in [0.2, 0.25) is 0 Å². The van der Waals surface area contributed by atoms with Crippen LogP contribution in [0.5, 0.6) is 5.75 Å². The normalized spacial score (nSPS) is 11.3. The number of ether oxygens (including phenoxy) is 1. The number of rotatable bonds is 5. The van der Waals surface area contributed by atoms with Gasteiger partial charge in [-0.15, -0.1) is 0 Å². The second kappa shape index (κ2) is 7.62. The Hall–Kier alpha value is -2.32. The summed E-state index contributed by atoms with van der Waals surface area (Å²) in [6, 6.07) is 16.3. The molecule has 2 aromatic carbocycles. The molecule has 4 nitrogen and oxygen atoms in total. The number of nitrogens with one attached hydrogen (secondary N) is 1. The quantitative estimate of drug-likeness (QED) is 0.888. The lowest BCUT2D eigenvalue weighted by molar-refractivity contribution is -0.123. The van der Waals surface area contributed by atoms with Crippen molar-refractivity contribution in [2.45, 2.75) is 13.0 Å². The molecule has 0 bridgehead atoms. The van der Waals surface area contributed by atoms with E-state index in [9.17, 15) is 4.79 Å². The van der Waals surface area contributed by atoms with Crippen LogP contribution in [-0.4, -0.2) is 12.5 Å². The van der Waals surface area contributed by atoms with Gasteiger partial charge in [-0.2, -0.15) is 5.26 Å². The Morgan fingerprint density at radius 3 is 2.59 bits per heavy atom. The number of carbonyl (C=O) groups is 1. The topological polar surface area (TPSA) is 62.1 Å². The van der Waals surface area contributed by atoms with Crippen LogP contribution in [0.25, 0.3) is 0 Å². The number of benzene rings is 2. The highest BCUT2D eigenvalue weighted by atomic mass is 79.9. The zero-order valence-corrected chi connectivity index (χ0v) is 13.6. The van der Waals surface area contributed by atoms with Gasteiger partial charge < -0.3 is 10.1 Å². The van der Waals surface area contributed by atoms with E-state index in [0.717, 1.165) is 10.0 Å². The summed E-state index contributed by atoms with van der Waals surface area (Å²) in [5, 5.41) is 11.6. The fourth-order valence-corrected chi connectivity index (χ4v) is 2.59. The molecular weight excluding hydrogens is 344 g/mol. The molecule has 0 unspecified atom stereocenters. The Kier molecular flexibility index (Phi) is 5.56. The van der Waals surface area contributed by atoms with Gasteiger partial charge in [0.25, 0.3) is 5.91 Å². The molecule has 0 aliphatic rings. The Morgan fingerprint density at radius 2 is 1.95 bits per heavy atom. The lowest BCUT2D eigenvalue weighted by Gasteiger charge is -2.16. The van der Waals surface area contributed by atoms with Crippen molar-refractivity contribution < 1.29 is 9.53 Å². The second-order valence-corrected chi connectivity index (χ2v) is 5.59. The van der Waals surface area contributed by atoms with E-state index in [1.165, 1.54) is 0 Å². The van der Waals surface area contributed by atoms with Crippen LogP contribution < -0.4 is 10.1 Å². The van der Waals surface area contributed by atoms with E-state index in [1.807, 2.05) is 37.3 Å². The van der Waals surface area contributed by atoms with E-state index < -0.39 is 0 Å². The van der Waals surface area contributed by atoms with Crippen LogP contribution >= 0.6 is 15.9 Å². The average Bonchev–Trinajstić information content (AvgIpc) is 2.53. The summed E-state index contributed by atoms with van der Waals surface area (Å²) < 4.78 is 6.36. The van der Waals surface area contributed by atoms with Gasteiger partial charge in [-0.05, 0) is 42.8 Å². The molecule has 2 rings (SSSR count). The maximum Gasteiger partial charge on any atom is 0.258 e. The van der Waals surface area contributed by atoms with Gasteiger partial charge in [0.05, 0.1) is 17.7 Å². The standard InChI is InChI=1S/C17H15BrN2O2/c1-12(15-4-2-3-5-16(15)18)20-17(21)11-22-14-8-6-13(10-19)7-9-14/h2-9,12H,11H2,1H3,(H,20,21)/t12-/m1/s1. The molecule has 5 heteroatoms. The van der Waals surface area contributed by atoms with Gasteiger partial charge in [-0.1, -0.05) is 34.1 Å². The first kappa shape index (κ1) is 16.1. The number of nitriles is 1. The first-order chi connectivity index (χ1) is 10.6. The lowest BCUT2D eigenvalue weighted by Crippen LogP contribution is -2.31. The molecule has 112 valence electrons. The van der Waals surface area contributed by atoms with Crippen LogP contribution in [0.1, 0.15) is 24.1 Å². The SMILES string of the molecule is C[C@@H](NC(=O)COc1ccc(C#N)cc1)c1ccccc1Br. The minimum atomic E-state index is -0.201. The summed E-state index contributed by atoms with van der Waals surface area (Å²) in [5.74, 6) is 0.357. The lowest BCUT2D eigenvalue weighted by atomic mass is 10.1. The third kappa shape index (κ3) is 4.34. The second-order valence-electron chi connectivity index (χ2n) is 4.74. The molecule has 2 aromatic rings. The molecule has 1 amide bonds. The van der Waals surface area contributed by atoms with Crippen molar-refractivity contribution in [2.75, 3.05) is 6.61 Å². The highest BCUT2D eigenvalue weighted by Crippen LogP contribution is 2.22. The van der Waals surface area contributed by atoms with Crippen molar-refractivity contribution in [1.29, 1.82) is 5.26 Å². The predicted molar refractivity (Wildman–Crippen MR) is 87.4 cm³/mol. The zero-order valence-electron chi connectivity index (χ0n) is 12.0. The van der Waals surface area contributed by atoms with Gasteiger partial charge in [0.1, 0.15) is 5.75 Å². The molecule has 1 N–H and O–H groups in total. The molecule has 22 heavy (non-hydrogen) atoms. The summed E-state index contributed by atoms with van der Waals surface area (Å²) in [5.41, 5.74) is 1.56. The first-order valence-electron chi connectivity index (χ1n) is 6.77. The zero-order chi connectivity index (χ0) is 15.9. The first-order valence-corrected chi connectivity index (χ1v) is 7.56. The van der Waals surface area contributed by atoms with Crippen molar-refractivity contribution in [3.05, 3.63) is 64.1 Å². The highest BCUT2D eigenvalue weighted by molar-refractivity contribution is 9.10. The molecule has 0 aliphatic heterocycles. The summed E-state index contributed by atoms with van der Waals surface area (Å²) in [6.45, 7) is 1.85. The van der Waals surface area contributed by atoms with Crippen molar-refractivity contribution >= 4 is 21.8 Å². The summed E-state index contributed by atoms with van der Waals surface area (Å²) >= 11 is 3.47. The van der Waals surface area contributed by atoms with Crippen LogP contribution in [0, 0.1) is 11.3 Å². The van der Waals surface area contributed by atoms with Crippen molar-refractivity contribution in [3.63, 3.8) is 0 Å². The molecule has 1 atom stereocenters. The number of amides is 1. The van der Waals surface area contributed by atoms with E-state index in [4.69, 9.17) is 10.00 Å². The van der Waals surface area contributed by atoms with E-state index in [0.29, 0.717) is 11.3 Å². The third-order valence-electron chi connectivity index (χ3n) is 3.10. The molecule has 0 aromatic heterocycles. The van der Waals surface area contributed by atoms with E-state index in [-0.39, 0.29) is 18.6 Å². The molecule has 0 saturated heterocycles. The van der Waals surface area contributed by atoms with E-state index >= 15 is 0 Å². The van der Waals surface area contributed by atoms with E-state index in [1.54, 1.807) is 24.3 Å². The molecule has 0 heterocycles. The van der Waals surface area contributed by atoms with Crippen LogP contribution in [0.15, 0.2) is 53.0 Å². The van der Waals surface area contributed by atoms with Gasteiger partial charge >= 0.3 is 0 Å². The van der Waals surface area contributed by atoms with Crippen molar-refractivity contribution in [2.24, 2.45) is 0 Å². The third-order valence-corrected chi connectivity index (χ3v) is 3.82. The van der Waals surface area contributed by atoms with Crippen molar-refractivity contribution in [1.82, 2.24) is 5.32 Å². The maximum absolute atomic E-state index is 11.9. The minimum absolute atomic E-state index is 0.0688. The van der Waals surface area contributed by atoms with Crippen LogP contribution in [-0.2, 0) is 4.79 Å². The van der Waals surface area contributed by atoms with Crippen molar-refractivity contribution in [3.8, 4) is 11.8 Å². The predicted octanol–water partition coefficient (Wildman–Crippen LogP) is 3.58. The largest absolute Gasteiger partial charge is 0.484 e. The maximum atomic E-state index is 11.9. The number of hydrogen-bond donors (Lipinski definition) is 1. The van der Waals surface area contributed by atoms with Gasteiger partial charge in [0, 0.05) is 4.47 Å². The number of hydrogen-bond acceptors (Lipinski definition) is 3. The fraction of sp³-hybridized carbons (Fsp3) is 0.176. The van der Waals surface area contributed by atoms with Gasteiger partial charge in [0.15, 0.2) is 6.61 Å². The van der Waals surface area contributed by atoms with Crippen LogP contribution in [0.4, 0.5) is 0 Å². The Morgan fingerprint density at radius 1 is 1.27 bits per heavy atom. The van der Waals surface area contributed by atoms with Gasteiger partial charge in [-0.25, -0.2) is 0 Å². The summed E-state index contributed by atoms with van der Waals surface area (Å²) in [4.78, 5) is 11.9. The molecule has 0 spiro atoms. The van der Waals surface area contributed by atoms with Gasteiger partial charge in [0.2, 0.25) is 0 Å². The Balaban J connectivity index is 1.87. The monoisotopic (exact) mass is 358 g/mol. The summed E-state index contributed by atoms with van der Waals surface area (Å²) in [6.07, 6.45) is 0. The highest BCUT2D eigenvalue weighted by Gasteiger charge is 2.12. The number of carbonyl (C=O) groups excluding carboxylic acids is 1. The molecule has 0 fully saturated rings. The van der Waals surface area contributed by atoms with E-state index in [2.05, 4.69) is 21.2 Å². The summed E-state index contributed by atoms with van der Waals surface area (Å²) in [7, 11) is 0. The van der Waals surface area contributed by atoms with Crippen LogP contribution in [0.3, 0.4) is 0 Å². The fourth-order valence-electron chi connectivity index (χ4n) is 1.96. The minimum Gasteiger partial charge on any atom is -0.484 e. The number of nitrogens with zero attached hydrogens (tertiary/aromatic N) is 1. The molecule has 0 aliphatic carbocycles. The Bertz CT molecular complexity index is 693. The van der Waals surface area contributed by atoms with Gasteiger partial charge in [-0.3, -0.25) is 4.79 Å². The smallest absolute Gasteiger partial charge is 0.258 e. The average molecular weight is 359 g/mol. The Labute approximate surface area is 137 Å². The molecule has 0 saturated carbocycles. The molecular formula is C17H15BrN2O2.